The van der Waals surface area contributed by atoms with Gasteiger partial charge in [-0.1, -0.05) is 11.6 Å². The van der Waals surface area contributed by atoms with Crippen LogP contribution >= 0.6 is 11.6 Å². The fraction of sp³-hybridized carbons (Fsp3) is 0.0588. The Morgan fingerprint density at radius 2 is 1.57 bits per heavy atom. The number of nitro groups is 1. The molecule has 0 aliphatic carbocycles. The zero-order chi connectivity index (χ0) is 21.9. The normalized spacial score (nSPS) is 11.1. The lowest BCUT2D eigenvalue weighted by molar-refractivity contribution is -0.383. The standard InChI is InChI=1S/C17H10ClF4N5O3/c18-12-7-10(3-6-13(12)19)26-16-14(27(28)29)15(23-8-24-16)25-9-1-4-11(5-2-9)30-17(20,21)22/h1-8H,(H2,23,24,25,26). The van der Waals surface area contributed by atoms with E-state index in [0.717, 1.165) is 24.5 Å². The lowest BCUT2D eigenvalue weighted by Gasteiger charge is -2.12. The van der Waals surface area contributed by atoms with E-state index in [2.05, 4.69) is 25.3 Å². The van der Waals surface area contributed by atoms with Crippen molar-refractivity contribution in [3.63, 3.8) is 0 Å². The van der Waals surface area contributed by atoms with Crippen molar-refractivity contribution in [3.8, 4) is 5.75 Å². The summed E-state index contributed by atoms with van der Waals surface area (Å²) in [5.41, 5.74) is -0.0986. The van der Waals surface area contributed by atoms with Gasteiger partial charge in [0.2, 0.25) is 11.6 Å². The van der Waals surface area contributed by atoms with Crippen molar-refractivity contribution in [1.82, 2.24) is 9.97 Å². The van der Waals surface area contributed by atoms with Crippen molar-refractivity contribution in [2.24, 2.45) is 0 Å². The molecule has 0 atom stereocenters. The van der Waals surface area contributed by atoms with Gasteiger partial charge in [0.25, 0.3) is 0 Å². The second kappa shape index (κ2) is 8.37. The average Bonchev–Trinajstić information content (AvgIpc) is 2.65. The third-order valence-corrected chi connectivity index (χ3v) is 3.83. The molecule has 0 saturated carbocycles. The maximum Gasteiger partial charge on any atom is 0.573 e. The maximum absolute atomic E-state index is 13.3. The first kappa shape index (κ1) is 21.0. The van der Waals surface area contributed by atoms with E-state index < -0.39 is 28.5 Å². The van der Waals surface area contributed by atoms with Gasteiger partial charge in [0.15, 0.2) is 0 Å². The number of hydrogen-bond donors (Lipinski definition) is 2. The topological polar surface area (TPSA) is 102 Å². The highest BCUT2D eigenvalue weighted by atomic mass is 35.5. The Bertz CT molecular complexity index is 1080. The Kier molecular flexibility index (Phi) is 5.87. The Morgan fingerprint density at radius 1 is 1.00 bits per heavy atom. The third kappa shape index (κ3) is 5.23. The number of hydrogen-bond acceptors (Lipinski definition) is 7. The molecule has 8 nitrogen and oxygen atoms in total. The van der Waals surface area contributed by atoms with Crippen LogP contribution in [0, 0.1) is 15.9 Å². The molecule has 13 heteroatoms. The Balaban J connectivity index is 1.87. The van der Waals surface area contributed by atoms with E-state index in [4.69, 9.17) is 11.6 Å². The van der Waals surface area contributed by atoms with E-state index in [1.165, 1.54) is 24.3 Å². The fourth-order valence-electron chi connectivity index (χ4n) is 2.32. The van der Waals surface area contributed by atoms with Crippen LogP contribution < -0.4 is 15.4 Å². The minimum absolute atomic E-state index is 0.198. The molecule has 0 amide bonds. The average molecular weight is 444 g/mol. The molecular weight excluding hydrogens is 434 g/mol. The first-order valence-electron chi connectivity index (χ1n) is 7.96. The molecule has 3 rings (SSSR count). The van der Waals surface area contributed by atoms with Crippen LogP contribution in [0.2, 0.25) is 5.02 Å². The summed E-state index contributed by atoms with van der Waals surface area (Å²) >= 11 is 5.70. The van der Waals surface area contributed by atoms with Crippen molar-refractivity contribution in [1.29, 1.82) is 0 Å². The third-order valence-electron chi connectivity index (χ3n) is 3.54. The molecule has 156 valence electrons. The Hall–Kier alpha value is -3.67. The van der Waals surface area contributed by atoms with E-state index in [9.17, 15) is 27.7 Å². The predicted octanol–water partition coefficient (Wildman–Crippen LogP) is 5.56. The van der Waals surface area contributed by atoms with Gasteiger partial charge >= 0.3 is 12.0 Å². The highest BCUT2D eigenvalue weighted by Gasteiger charge is 2.31. The molecule has 2 aromatic carbocycles. The van der Waals surface area contributed by atoms with Gasteiger partial charge in [-0.05, 0) is 42.5 Å². The second-order valence-electron chi connectivity index (χ2n) is 5.63. The molecule has 0 unspecified atom stereocenters. The summed E-state index contributed by atoms with van der Waals surface area (Å²) < 4.78 is 53.8. The monoisotopic (exact) mass is 443 g/mol. The summed E-state index contributed by atoms with van der Waals surface area (Å²) in [5, 5.41) is 16.7. The van der Waals surface area contributed by atoms with E-state index in [1.54, 1.807) is 0 Å². The molecule has 1 heterocycles. The molecule has 2 N–H and O–H groups in total. The van der Waals surface area contributed by atoms with Crippen molar-refractivity contribution in [2.45, 2.75) is 6.36 Å². The van der Waals surface area contributed by atoms with Gasteiger partial charge < -0.3 is 15.4 Å². The van der Waals surface area contributed by atoms with Crippen LogP contribution in [0.3, 0.4) is 0 Å². The molecule has 0 radical (unpaired) electrons. The first-order chi connectivity index (χ1) is 14.1. The van der Waals surface area contributed by atoms with Gasteiger partial charge in [0, 0.05) is 11.4 Å². The van der Waals surface area contributed by atoms with Crippen LogP contribution in [0.25, 0.3) is 0 Å². The lowest BCUT2D eigenvalue weighted by atomic mass is 10.3. The van der Waals surface area contributed by atoms with Gasteiger partial charge in [-0.25, -0.2) is 14.4 Å². The van der Waals surface area contributed by atoms with Crippen LogP contribution in [0.5, 0.6) is 5.75 Å². The predicted molar refractivity (Wildman–Crippen MR) is 99.8 cm³/mol. The number of nitrogens with one attached hydrogen (secondary N) is 2. The van der Waals surface area contributed by atoms with Crippen molar-refractivity contribution >= 4 is 40.3 Å². The minimum atomic E-state index is -4.84. The Morgan fingerprint density at radius 3 is 2.10 bits per heavy atom. The van der Waals surface area contributed by atoms with Crippen molar-refractivity contribution in [3.05, 3.63) is 69.7 Å². The van der Waals surface area contributed by atoms with Crippen LogP contribution in [0.15, 0.2) is 48.8 Å². The molecule has 1 aromatic heterocycles. The molecule has 0 aliphatic rings. The maximum atomic E-state index is 13.3. The fourth-order valence-corrected chi connectivity index (χ4v) is 2.50. The molecule has 0 aliphatic heterocycles. The SMILES string of the molecule is O=[N+]([O-])c1c(Nc2ccc(OC(F)(F)F)cc2)ncnc1Nc1ccc(F)c(Cl)c1. The highest BCUT2D eigenvalue weighted by molar-refractivity contribution is 6.31. The lowest BCUT2D eigenvalue weighted by Crippen LogP contribution is -2.17. The van der Waals surface area contributed by atoms with Crippen molar-refractivity contribution < 1.29 is 27.2 Å². The highest BCUT2D eigenvalue weighted by Crippen LogP contribution is 2.34. The Labute approximate surface area is 170 Å². The van der Waals surface area contributed by atoms with Crippen LogP contribution in [0.4, 0.5) is 46.3 Å². The molecule has 3 aromatic rings. The molecule has 0 spiro atoms. The van der Waals surface area contributed by atoms with Gasteiger partial charge in [0.05, 0.1) is 9.95 Å². The van der Waals surface area contributed by atoms with E-state index in [0.29, 0.717) is 0 Å². The summed E-state index contributed by atoms with van der Waals surface area (Å²) in [5.74, 6) is -1.56. The van der Waals surface area contributed by atoms with Crippen LogP contribution in [-0.4, -0.2) is 21.3 Å². The van der Waals surface area contributed by atoms with E-state index >= 15 is 0 Å². The molecular formula is C17H10ClF4N5O3. The van der Waals surface area contributed by atoms with Crippen LogP contribution in [0.1, 0.15) is 0 Å². The number of ether oxygens (including phenoxy) is 1. The number of benzene rings is 2. The second-order valence-corrected chi connectivity index (χ2v) is 6.03. The largest absolute Gasteiger partial charge is 0.573 e. The number of anilines is 4. The van der Waals surface area contributed by atoms with Gasteiger partial charge in [-0.15, -0.1) is 13.2 Å². The number of nitrogens with zero attached hydrogens (tertiary/aromatic N) is 3. The molecule has 0 bridgehead atoms. The molecule has 0 saturated heterocycles. The summed E-state index contributed by atoms with van der Waals surface area (Å²) in [7, 11) is 0. The summed E-state index contributed by atoms with van der Waals surface area (Å²) in [4.78, 5) is 18.4. The number of aromatic nitrogens is 2. The first-order valence-corrected chi connectivity index (χ1v) is 8.34. The molecule has 30 heavy (non-hydrogen) atoms. The van der Waals surface area contributed by atoms with Crippen LogP contribution in [-0.2, 0) is 0 Å². The summed E-state index contributed by atoms with van der Waals surface area (Å²) in [6.07, 6.45) is -3.81. The number of rotatable bonds is 6. The summed E-state index contributed by atoms with van der Waals surface area (Å²) in [6, 6.07) is 8.10. The minimum Gasteiger partial charge on any atom is -0.406 e. The van der Waals surface area contributed by atoms with Gasteiger partial charge in [-0.3, -0.25) is 10.1 Å². The molecule has 0 fully saturated rings. The number of alkyl halides is 3. The summed E-state index contributed by atoms with van der Waals surface area (Å²) in [6.45, 7) is 0. The van der Waals surface area contributed by atoms with Gasteiger partial charge in [0.1, 0.15) is 17.9 Å². The van der Waals surface area contributed by atoms with Gasteiger partial charge in [-0.2, -0.15) is 0 Å². The number of halogens is 5. The van der Waals surface area contributed by atoms with E-state index in [-0.39, 0.29) is 28.0 Å². The zero-order valence-electron chi connectivity index (χ0n) is 14.6. The quantitative estimate of drug-likeness (QED) is 0.292. The smallest absolute Gasteiger partial charge is 0.406 e. The van der Waals surface area contributed by atoms with Crippen molar-refractivity contribution in [2.75, 3.05) is 10.6 Å². The van der Waals surface area contributed by atoms with E-state index in [1.807, 2.05) is 0 Å². The zero-order valence-corrected chi connectivity index (χ0v) is 15.3.